The van der Waals surface area contributed by atoms with Crippen molar-refractivity contribution < 1.29 is 4.79 Å². The molecule has 6 nitrogen and oxygen atoms in total. The van der Waals surface area contributed by atoms with E-state index in [0.29, 0.717) is 12.5 Å². The van der Waals surface area contributed by atoms with Gasteiger partial charge in [0.2, 0.25) is 0 Å². The lowest BCUT2D eigenvalue weighted by atomic mass is 10.2. The molecular weight excluding hydrogens is 322 g/mol. The molecule has 0 bridgehead atoms. The van der Waals surface area contributed by atoms with Gasteiger partial charge in [0.25, 0.3) is 0 Å². The van der Waals surface area contributed by atoms with Crippen molar-refractivity contribution in [3.63, 3.8) is 0 Å². The first-order chi connectivity index (χ1) is 11.4. The van der Waals surface area contributed by atoms with Gasteiger partial charge >= 0.3 is 6.03 Å². The maximum Gasteiger partial charge on any atom is 0.315 e. The van der Waals surface area contributed by atoms with Crippen molar-refractivity contribution in [3.05, 3.63) is 33.5 Å². The maximum atomic E-state index is 12.2. The SMILES string of the molecule is Cc1cc(C)n(CC(C)NC(=O)NC(C)c2csc(C3CC3)n2)n1. The van der Waals surface area contributed by atoms with Crippen LogP contribution in [0.5, 0.6) is 0 Å². The molecular formula is C17H25N5OS. The van der Waals surface area contributed by atoms with Crippen LogP contribution in [0.4, 0.5) is 4.79 Å². The molecule has 130 valence electrons. The van der Waals surface area contributed by atoms with Crippen molar-refractivity contribution in [2.75, 3.05) is 0 Å². The lowest BCUT2D eigenvalue weighted by molar-refractivity contribution is 0.233. The van der Waals surface area contributed by atoms with Gasteiger partial charge in [0, 0.05) is 23.0 Å². The van der Waals surface area contributed by atoms with Crippen LogP contribution in [0.2, 0.25) is 0 Å². The standard InChI is InChI=1S/C17H25N5OS/c1-10-7-12(3)22(21-10)8-11(2)18-17(23)19-13(4)15-9-24-16(20-15)14-5-6-14/h7,9,11,13-14H,5-6,8H2,1-4H3,(H2,18,19,23). The number of hydrogen-bond acceptors (Lipinski definition) is 4. The van der Waals surface area contributed by atoms with Gasteiger partial charge in [-0.05, 0) is 46.6 Å². The first kappa shape index (κ1) is 17.0. The summed E-state index contributed by atoms with van der Waals surface area (Å²) in [7, 11) is 0. The van der Waals surface area contributed by atoms with Gasteiger partial charge in [0.1, 0.15) is 0 Å². The van der Waals surface area contributed by atoms with Gasteiger partial charge in [0.05, 0.1) is 29.0 Å². The number of carbonyl (C=O) groups excluding carboxylic acids is 1. The van der Waals surface area contributed by atoms with Crippen molar-refractivity contribution in [1.29, 1.82) is 0 Å². The zero-order valence-corrected chi connectivity index (χ0v) is 15.5. The van der Waals surface area contributed by atoms with E-state index in [9.17, 15) is 4.79 Å². The van der Waals surface area contributed by atoms with E-state index in [2.05, 4.69) is 26.1 Å². The highest BCUT2D eigenvalue weighted by Gasteiger charge is 2.27. The van der Waals surface area contributed by atoms with Crippen molar-refractivity contribution in [1.82, 2.24) is 25.4 Å². The van der Waals surface area contributed by atoms with Gasteiger partial charge in [-0.1, -0.05) is 0 Å². The summed E-state index contributed by atoms with van der Waals surface area (Å²) in [6.07, 6.45) is 2.50. The van der Waals surface area contributed by atoms with Gasteiger partial charge in [-0.2, -0.15) is 5.10 Å². The number of aryl methyl sites for hydroxylation is 2. The topological polar surface area (TPSA) is 71.8 Å². The van der Waals surface area contributed by atoms with E-state index in [1.165, 1.54) is 17.8 Å². The molecule has 2 amide bonds. The molecule has 0 radical (unpaired) electrons. The second kappa shape index (κ2) is 6.93. The van der Waals surface area contributed by atoms with Crippen LogP contribution in [0.3, 0.4) is 0 Å². The predicted octanol–water partition coefficient (Wildman–Crippen LogP) is 3.28. The normalized spacial score (nSPS) is 16.7. The summed E-state index contributed by atoms with van der Waals surface area (Å²) < 4.78 is 1.92. The molecule has 1 saturated carbocycles. The number of urea groups is 1. The Hall–Kier alpha value is -1.89. The monoisotopic (exact) mass is 347 g/mol. The molecule has 2 atom stereocenters. The van der Waals surface area contributed by atoms with Crippen LogP contribution in [0, 0.1) is 13.8 Å². The van der Waals surface area contributed by atoms with E-state index in [1.807, 2.05) is 38.4 Å². The molecule has 2 N–H and O–H groups in total. The second-order valence-corrected chi connectivity index (χ2v) is 7.62. The molecule has 2 aromatic rings. The highest BCUT2D eigenvalue weighted by molar-refractivity contribution is 7.09. The summed E-state index contributed by atoms with van der Waals surface area (Å²) in [6.45, 7) is 8.60. The fourth-order valence-corrected chi connectivity index (χ4v) is 3.80. The highest BCUT2D eigenvalue weighted by atomic mass is 32.1. The van der Waals surface area contributed by atoms with Crippen LogP contribution in [0.25, 0.3) is 0 Å². The third-order valence-electron chi connectivity index (χ3n) is 4.19. The van der Waals surface area contributed by atoms with E-state index < -0.39 is 0 Å². The smallest absolute Gasteiger partial charge is 0.315 e. The number of rotatable bonds is 6. The highest BCUT2D eigenvalue weighted by Crippen LogP contribution is 2.41. The number of hydrogen-bond donors (Lipinski definition) is 2. The van der Waals surface area contributed by atoms with E-state index >= 15 is 0 Å². The fourth-order valence-electron chi connectivity index (χ4n) is 2.72. The van der Waals surface area contributed by atoms with Crippen LogP contribution < -0.4 is 10.6 Å². The lowest BCUT2D eigenvalue weighted by Gasteiger charge is -2.18. The zero-order chi connectivity index (χ0) is 17.3. The van der Waals surface area contributed by atoms with Gasteiger partial charge < -0.3 is 10.6 Å². The van der Waals surface area contributed by atoms with Gasteiger partial charge in [0.15, 0.2) is 0 Å². The first-order valence-electron chi connectivity index (χ1n) is 8.45. The van der Waals surface area contributed by atoms with E-state index in [0.717, 1.165) is 17.1 Å². The third-order valence-corrected chi connectivity index (χ3v) is 5.21. The minimum atomic E-state index is -0.169. The average Bonchev–Trinajstić information content (AvgIpc) is 3.13. The molecule has 3 rings (SSSR count). The van der Waals surface area contributed by atoms with Crippen molar-refractivity contribution in [3.8, 4) is 0 Å². The number of aromatic nitrogens is 3. The van der Waals surface area contributed by atoms with E-state index in [-0.39, 0.29) is 18.1 Å². The molecule has 24 heavy (non-hydrogen) atoms. The molecule has 0 aromatic carbocycles. The van der Waals surface area contributed by atoms with Crippen LogP contribution in [-0.2, 0) is 6.54 Å². The summed E-state index contributed by atoms with van der Waals surface area (Å²) in [4.78, 5) is 16.8. The Balaban J connectivity index is 1.49. The number of carbonyl (C=O) groups is 1. The van der Waals surface area contributed by atoms with Crippen LogP contribution in [0.15, 0.2) is 11.4 Å². The van der Waals surface area contributed by atoms with Gasteiger partial charge in [-0.3, -0.25) is 4.68 Å². The van der Waals surface area contributed by atoms with E-state index in [1.54, 1.807) is 11.3 Å². The molecule has 2 unspecified atom stereocenters. The third kappa shape index (κ3) is 4.14. The zero-order valence-electron chi connectivity index (χ0n) is 14.7. The van der Waals surface area contributed by atoms with Crippen LogP contribution >= 0.6 is 11.3 Å². The molecule has 7 heteroatoms. The van der Waals surface area contributed by atoms with Crippen molar-refractivity contribution >= 4 is 17.4 Å². The molecule has 2 heterocycles. The Bertz CT molecular complexity index is 718. The molecule has 0 saturated heterocycles. The van der Waals surface area contributed by atoms with E-state index in [4.69, 9.17) is 0 Å². The molecule has 0 spiro atoms. The summed E-state index contributed by atoms with van der Waals surface area (Å²) in [6, 6.07) is 1.77. The Labute approximate surface area is 146 Å². The summed E-state index contributed by atoms with van der Waals surface area (Å²) in [5.41, 5.74) is 3.04. The molecule has 0 aliphatic heterocycles. The quantitative estimate of drug-likeness (QED) is 0.842. The predicted molar refractivity (Wildman–Crippen MR) is 95.3 cm³/mol. The first-order valence-corrected chi connectivity index (χ1v) is 9.33. The van der Waals surface area contributed by atoms with Crippen molar-refractivity contribution in [2.24, 2.45) is 0 Å². The van der Waals surface area contributed by atoms with Crippen molar-refractivity contribution in [2.45, 2.75) is 65.1 Å². The van der Waals surface area contributed by atoms with Crippen LogP contribution in [-0.4, -0.2) is 26.8 Å². The largest absolute Gasteiger partial charge is 0.334 e. The maximum absolute atomic E-state index is 12.2. The number of nitrogens with one attached hydrogen (secondary N) is 2. The Morgan fingerprint density at radius 3 is 2.75 bits per heavy atom. The number of nitrogens with zero attached hydrogens (tertiary/aromatic N) is 3. The Morgan fingerprint density at radius 1 is 1.38 bits per heavy atom. The summed E-state index contributed by atoms with van der Waals surface area (Å²) in [5, 5.41) is 13.6. The second-order valence-electron chi connectivity index (χ2n) is 6.73. The average molecular weight is 347 g/mol. The minimum Gasteiger partial charge on any atom is -0.334 e. The molecule has 1 aliphatic carbocycles. The molecule has 1 aliphatic rings. The van der Waals surface area contributed by atoms with Gasteiger partial charge in [-0.15, -0.1) is 11.3 Å². The summed E-state index contributed by atoms with van der Waals surface area (Å²) in [5.74, 6) is 0.658. The van der Waals surface area contributed by atoms with Gasteiger partial charge in [-0.25, -0.2) is 9.78 Å². The number of thiazole rings is 1. The van der Waals surface area contributed by atoms with Crippen LogP contribution in [0.1, 0.15) is 60.7 Å². The fraction of sp³-hybridized carbons (Fsp3) is 0.588. The number of amides is 2. The Morgan fingerprint density at radius 2 is 2.12 bits per heavy atom. The molecule has 1 fully saturated rings. The Kier molecular flexibility index (Phi) is 4.89. The minimum absolute atomic E-state index is 0.00680. The lowest BCUT2D eigenvalue weighted by Crippen LogP contribution is -2.43. The molecule has 2 aromatic heterocycles. The summed E-state index contributed by atoms with van der Waals surface area (Å²) >= 11 is 1.70.